The summed E-state index contributed by atoms with van der Waals surface area (Å²) in [5, 5.41) is 2.88. The summed E-state index contributed by atoms with van der Waals surface area (Å²) >= 11 is 0. The van der Waals surface area contributed by atoms with Crippen molar-refractivity contribution in [3.05, 3.63) is 0 Å². The molecule has 1 heterocycles. The van der Waals surface area contributed by atoms with Gasteiger partial charge in [0.15, 0.2) is 0 Å². The third-order valence-corrected chi connectivity index (χ3v) is 3.64. The summed E-state index contributed by atoms with van der Waals surface area (Å²) in [5.41, 5.74) is 0. The standard InChI is InChI=1S/C15H29N3O3/c1-13(19)18(9-5-8-17(2)3)10-7-15(20)16-12-14-6-4-11-21-14/h14H,4-12H2,1-3H3,(H,16,20). The van der Waals surface area contributed by atoms with Gasteiger partial charge in [0, 0.05) is 39.6 Å². The van der Waals surface area contributed by atoms with Crippen LogP contribution in [0.2, 0.25) is 0 Å². The van der Waals surface area contributed by atoms with Gasteiger partial charge in [0.2, 0.25) is 11.8 Å². The second kappa shape index (κ2) is 9.73. The summed E-state index contributed by atoms with van der Waals surface area (Å²) in [6.07, 6.45) is 3.53. The zero-order chi connectivity index (χ0) is 15.7. The first-order valence-corrected chi connectivity index (χ1v) is 7.77. The van der Waals surface area contributed by atoms with Crippen molar-refractivity contribution in [1.29, 1.82) is 0 Å². The molecular formula is C15H29N3O3. The van der Waals surface area contributed by atoms with Crippen molar-refractivity contribution in [2.24, 2.45) is 0 Å². The van der Waals surface area contributed by atoms with E-state index in [1.807, 2.05) is 14.1 Å². The van der Waals surface area contributed by atoms with Crippen molar-refractivity contribution in [3.8, 4) is 0 Å². The maximum absolute atomic E-state index is 11.8. The van der Waals surface area contributed by atoms with E-state index in [0.717, 1.165) is 32.4 Å². The van der Waals surface area contributed by atoms with E-state index < -0.39 is 0 Å². The number of carbonyl (C=O) groups excluding carboxylic acids is 2. The second-order valence-electron chi connectivity index (χ2n) is 5.85. The van der Waals surface area contributed by atoms with Gasteiger partial charge in [-0.2, -0.15) is 0 Å². The highest BCUT2D eigenvalue weighted by Gasteiger charge is 2.16. The molecule has 1 aliphatic heterocycles. The lowest BCUT2D eigenvalue weighted by molar-refractivity contribution is -0.129. The molecule has 0 saturated carbocycles. The largest absolute Gasteiger partial charge is 0.376 e. The van der Waals surface area contributed by atoms with Crippen molar-refractivity contribution in [2.45, 2.75) is 38.7 Å². The minimum Gasteiger partial charge on any atom is -0.376 e. The Kier molecular flexibility index (Phi) is 8.30. The van der Waals surface area contributed by atoms with E-state index in [0.29, 0.717) is 26.1 Å². The molecule has 0 bridgehead atoms. The van der Waals surface area contributed by atoms with Crippen LogP contribution in [0.3, 0.4) is 0 Å². The summed E-state index contributed by atoms with van der Waals surface area (Å²) in [4.78, 5) is 27.2. The molecule has 0 spiro atoms. The minimum absolute atomic E-state index is 0.00985. The Balaban J connectivity index is 2.18. The highest BCUT2D eigenvalue weighted by molar-refractivity contribution is 5.78. The predicted octanol–water partition coefficient (Wildman–Crippen LogP) is 0.472. The van der Waals surface area contributed by atoms with E-state index in [9.17, 15) is 9.59 Å². The molecule has 6 heteroatoms. The lowest BCUT2D eigenvalue weighted by Gasteiger charge is -2.22. The van der Waals surface area contributed by atoms with Gasteiger partial charge in [-0.15, -0.1) is 0 Å². The van der Waals surface area contributed by atoms with Gasteiger partial charge in [-0.3, -0.25) is 9.59 Å². The summed E-state index contributed by atoms with van der Waals surface area (Å²) < 4.78 is 5.46. The van der Waals surface area contributed by atoms with Crippen LogP contribution in [-0.2, 0) is 14.3 Å². The van der Waals surface area contributed by atoms with Gasteiger partial charge >= 0.3 is 0 Å². The molecule has 1 aliphatic rings. The molecule has 0 radical (unpaired) electrons. The zero-order valence-corrected chi connectivity index (χ0v) is 13.6. The average Bonchev–Trinajstić information content (AvgIpc) is 2.92. The van der Waals surface area contributed by atoms with Gasteiger partial charge in [0.25, 0.3) is 0 Å². The molecule has 0 aliphatic carbocycles. The molecule has 1 fully saturated rings. The zero-order valence-electron chi connectivity index (χ0n) is 13.6. The average molecular weight is 299 g/mol. The molecule has 1 N–H and O–H groups in total. The highest BCUT2D eigenvalue weighted by Crippen LogP contribution is 2.10. The van der Waals surface area contributed by atoms with Crippen LogP contribution < -0.4 is 5.32 Å². The Morgan fingerprint density at radius 2 is 2.00 bits per heavy atom. The molecule has 2 amide bonds. The first kappa shape index (κ1) is 17.9. The molecule has 1 rings (SSSR count). The lowest BCUT2D eigenvalue weighted by Crippen LogP contribution is -2.37. The van der Waals surface area contributed by atoms with Gasteiger partial charge in [0.1, 0.15) is 0 Å². The van der Waals surface area contributed by atoms with Crippen molar-refractivity contribution < 1.29 is 14.3 Å². The Hall–Kier alpha value is -1.14. The number of amides is 2. The molecule has 122 valence electrons. The Bertz CT molecular complexity index is 328. The first-order chi connectivity index (χ1) is 9.99. The number of nitrogens with one attached hydrogen (secondary N) is 1. The maximum atomic E-state index is 11.8. The fraction of sp³-hybridized carbons (Fsp3) is 0.867. The second-order valence-corrected chi connectivity index (χ2v) is 5.85. The number of hydrogen-bond donors (Lipinski definition) is 1. The molecule has 0 aromatic heterocycles. The van der Waals surface area contributed by atoms with Gasteiger partial charge in [-0.25, -0.2) is 0 Å². The predicted molar refractivity (Wildman–Crippen MR) is 82.0 cm³/mol. The lowest BCUT2D eigenvalue weighted by atomic mass is 10.2. The van der Waals surface area contributed by atoms with E-state index in [-0.39, 0.29) is 17.9 Å². The van der Waals surface area contributed by atoms with Crippen LogP contribution in [0, 0.1) is 0 Å². The fourth-order valence-electron chi connectivity index (χ4n) is 2.36. The Labute approximate surface area is 127 Å². The SMILES string of the molecule is CC(=O)N(CCCN(C)C)CCC(=O)NCC1CCCO1. The summed E-state index contributed by atoms with van der Waals surface area (Å²) in [6.45, 7) is 5.06. The Morgan fingerprint density at radius 3 is 2.57 bits per heavy atom. The van der Waals surface area contributed by atoms with Gasteiger partial charge in [-0.05, 0) is 39.9 Å². The monoisotopic (exact) mass is 299 g/mol. The molecule has 1 atom stereocenters. The van der Waals surface area contributed by atoms with Gasteiger partial charge in [0.05, 0.1) is 6.10 Å². The van der Waals surface area contributed by atoms with Crippen molar-refractivity contribution in [2.75, 3.05) is 46.9 Å². The quantitative estimate of drug-likeness (QED) is 0.672. The third-order valence-electron chi connectivity index (χ3n) is 3.64. The summed E-state index contributed by atoms with van der Waals surface area (Å²) in [6, 6.07) is 0. The van der Waals surface area contributed by atoms with Crippen LogP contribution in [0.5, 0.6) is 0 Å². The van der Waals surface area contributed by atoms with E-state index in [2.05, 4.69) is 10.2 Å². The molecule has 0 aromatic rings. The normalized spacial score (nSPS) is 18.0. The number of ether oxygens (including phenoxy) is 1. The fourth-order valence-corrected chi connectivity index (χ4v) is 2.36. The number of nitrogens with zero attached hydrogens (tertiary/aromatic N) is 2. The van der Waals surface area contributed by atoms with Crippen molar-refractivity contribution >= 4 is 11.8 Å². The molecule has 1 saturated heterocycles. The maximum Gasteiger partial charge on any atom is 0.221 e. The van der Waals surface area contributed by atoms with Gasteiger partial charge in [-0.1, -0.05) is 0 Å². The Morgan fingerprint density at radius 1 is 1.24 bits per heavy atom. The van der Waals surface area contributed by atoms with Crippen LogP contribution in [0.15, 0.2) is 0 Å². The molecule has 6 nitrogen and oxygen atoms in total. The van der Waals surface area contributed by atoms with E-state index in [4.69, 9.17) is 4.74 Å². The molecule has 1 unspecified atom stereocenters. The minimum atomic E-state index is -0.00985. The number of hydrogen-bond acceptors (Lipinski definition) is 4. The third kappa shape index (κ3) is 8.02. The summed E-state index contributed by atoms with van der Waals surface area (Å²) in [5.74, 6) is 0.0186. The van der Waals surface area contributed by atoms with Crippen molar-refractivity contribution in [3.63, 3.8) is 0 Å². The smallest absolute Gasteiger partial charge is 0.221 e. The van der Waals surface area contributed by atoms with Gasteiger partial charge < -0.3 is 19.9 Å². The van der Waals surface area contributed by atoms with Crippen LogP contribution in [-0.4, -0.2) is 74.6 Å². The number of rotatable bonds is 9. The molecular weight excluding hydrogens is 270 g/mol. The number of carbonyl (C=O) groups is 2. The molecule has 21 heavy (non-hydrogen) atoms. The summed E-state index contributed by atoms with van der Waals surface area (Å²) in [7, 11) is 4.02. The molecule has 0 aromatic carbocycles. The highest BCUT2D eigenvalue weighted by atomic mass is 16.5. The van der Waals surface area contributed by atoms with E-state index in [1.54, 1.807) is 11.8 Å². The first-order valence-electron chi connectivity index (χ1n) is 7.77. The van der Waals surface area contributed by atoms with Crippen LogP contribution in [0.1, 0.15) is 32.6 Å². The van der Waals surface area contributed by atoms with E-state index >= 15 is 0 Å². The van der Waals surface area contributed by atoms with Crippen molar-refractivity contribution in [1.82, 2.24) is 15.1 Å². The van der Waals surface area contributed by atoms with Crippen LogP contribution in [0.4, 0.5) is 0 Å². The topological polar surface area (TPSA) is 61.9 Å². The van der Waals surface area contributed by atoms with Crippen LogP contribution in [0.25, 0.3) is 0 Å². The van der Waals surface area contributed by atoms with E-state index in [1.165, 1.54) is 0 Å². The van der Waals surface area contributed by atoms with Crippen LogP contribution >= 0.6 is 0 Å².